The molecule has 1 aliphatic heterocycles. The average Bonchev–Trinajstić information content (AvgIpc) is 2.56. The van der Waals surface area contributed by atoms with Crippen molar-refractivity contribution >= 4 is 5.91 Å². The lowest BCUT2D eigenvalue weighted by atomic mass is 10.0. The zero-order chi connectivity index (χ0) is 15.2. The molecule has 0 aliphatic carbocycles. The highest BCUT2D eigenvalue weighted by Crippen LogP contribution is 2.20. The van der Waals surface area contributed by atoms with Gasteiger partial charge in [-0.05, 0) is 31.5 Å². The van der Waals surface area contributed by atoms with Crippen LogP contribution >= 0.6 is 0 Å². The molecule has 1 aromatic carbocycles. The minimum atomic E-state index is -0.531. The Morgan fingerprint density at radius 1 is 1.24 bits per heavy atom. The van der Waals surface area contributed by atoms with E-state index < -0.39 is 6.04 Å². The van der Waals surface area contributed by atoms with Crippen LogP contribution in [0.4, 0.5) is 0 Å². The highest BCUT2D eigenvalue weighted by molar-refractivity contribution is 5.83. The van der Waals surface area contributed by atoms with Crippen LogP contribution in [0, 0.1) is 0 Å². The number of likely N-dealkylation sites (tertiary alicyclic amines) is 1. The number of benzene rings is 1. The van der Waals surface area contributed by atoms with E-state index in [9.17, 15) is 4.79 Å². The lowest BCUT2D eigenvalue weighted by molar-refractivity contribution is -0.134. The fraction of sp³-hybridized carbons (Fsp3) is 0.588. The summed E-state index contributed by atoms with van der Waals surface area (Å²) in [7, 11) is 0. The number of amides is 1. The molecule has 1 amide bonds. The molecule has 1 saturated heterocycles. The van der Waals surface area contributed by atoms with Crippen LogP contribution < -0.4 is 5.73 Å². The van der Waals surface area contributed by atoms with E-state index in [0.717, 1.165) is 44.6 Å². The number of piperidine rings is 1. The monoisotopic (exact) mass is 289 g/mol. The van der Waals surface area contributed by atoms with Gasteiger partial charge in [0.25, 0.3) is 0 Å². The molecule has 0 saturated carbocycles. The van der Waals surface area contributed by atoms with E-state index in [0.29, 0.717) is 6.04 Å². The maximum Gasteiger partial charge on any atom is 0.244 e. The van der Waals surface area contributed by atoms with Crippen molar-refractivity contribution in [3.05, 3.63) is 35.9 Å². The third-order valence-electron chi connectivity index (χ3n) is 4.53. The van der Waals surface area contributed by atoms with Gasteiger partial charge in [0.2, 0.25) is 5.91 Å². The first-order chi connectivity index (χ1) is 10.2. The molecule has 21 heavy (non-hydrogen) atoms. The molecule has 4 heteroatoms. The van der Waals surface area contributed by atoms with Crippen molar-refractivity contribution < 1.29 is 4.79 Å². The van der Waals surface area contributed by atoms with Crippen molar-refractivity contribution in [3.63, 3.8) is 0 Å². The van der Waals surface area contributed by atoms with Crippen molar-refractivity contribution in [1.29, 1.82) is 0 Å². The smallest absolute Gasteiger partial charge is 0.244 e. The van der Waals surface area contributed by atoms with E-state index in [1.165, 1.54) is 0 Å². The Bertz CT molecular complexity index is 437. The molecule has 2 N–H and O–H groups in total. The van der Waals surface area contributed by atoms with E-state index in [4.69, 9.17) is 5.73 Å². The van der Waals surface area contributed by atoms with Gasteiger partial charge in [0.05, 0.1) is 0 Å². The normalized spacial score (nSPS) is 18.0. The van der Waals surface area contributed by atoms with Crippen LogP contribution in [-0.4, -0.2) is 47.9 Å². The summed E-state index contributed by atoms with van der Waals surface area (Å²) in [6, 6.07) is 9.71. The van der Waals surface area contributed by atoms with Gasteiger partial charge in [-0.25, -0.2) is 0 Å². The minimum absolute atomic E-state index is 0.0548. The van der Waals surface area contributed by atoms with E-state index >= 15 is 0 Å². The van der Waals surface area contributed by atoms with Gasteiger partial charge in [0, 0.05) is 19.1 Å². The lowest BCUT2D eigenvalue weighted by Crippen LogP contribution is -2.48. The van der Waals surface area contributed by atoms with E-state index in [1.54, 1.807) is 0 Å². The average molecular weight is 289 g/mol. The van der Waals surface area contributed by atoms with Gasteiger partial charge < -0.3 is 15.5 Å². The summed E-state index contributed by atoms with van der Waals surface area (Å²) < 4.78 is 0. The largest absolute Gasteiger partial charge is 0.341 e. The summed E-state index contributed by atoms with van der Waals surface area (Å²) in [5, 5.41) is 0. The van der Waals surface area contributed by atoms with Crippen molar-refractivity contribution in [2.75, 3.05) is 26.2 Å². The van der Waals surface area contributed by atoms with E-state index in [-0.39, 0.29) is 5.91 Å². The fourth-order valence-corrected chi connectivity index (χ4v) is 3.19. The summed E-state index contributed by atoms with van der Waals surface area (Å²) in [6.45, 7) is 8.21. The van der Waals surface area contributed by atoms with Gasteiger partial charge in [0.1, 0.15) is 6.04 Å². The Balaban J connectivity index is 1.91. The van der Waals surface area contributed by atoms with Crippen molar-refractivity contribution in [2.45, 2.75) is 38.8 Å². The van der Waals surface area contributed by atoms with Crippen LogP contribution in [0.25, 0.3) is 0 Å². The van der Waals surface area contributed by atoms with Gasteiger partial charge in [-0.1, -0.05) is 44.2 Å². The maximum absolute atomic E-state index is 12.5. The van der Waals surface area contributed by atoms with Crippen LogP contribution in [-0.2, 0) is 4.79 Å². The molecule has 1 fully saturated rings. The minimum Gasteiger partial charge on any atom is -0.341 e. The molecule has 1 aliphatic rings. The van der Waals surface area contributed by atoms with Gasteiger partial charge in [-0.2, -0.15) is 0 Å². The number of rotatable bonds is 5. The Hall–Kier alpha value is -1.39. The third-order valence-corrected chi connectivity index (χ3v) is 4.53. The molecule has 0 bridgehead atoms. The summed E-state index contributed by atoms with van der Waals surface area (Å²) >= 11 is 0. The highest BCUT2D eigenvalue weighted by Gasteiger charge is 2.28. The fourth-order valence-electron chi connectivity index (χ4n) is 3.19. The number of hydrogen-bond acceptors (Lipinski definition) is 3. The number of nitrogens with two attached hydrogens (primary N) is 1. The van der Waals surface area contributed by atoms with E-state index in [1.807, 2.05) is 35.2 Å². The predicted molar refractivity (Wildman–Crippen MR) is 85.9 cm³/mol. The van der Waals surface area contributed by atoms with Gasteiger partial charge >= 0.3 is 0 Å². The Morgan fingerprint density at radius 3 is 2.33 bits per heavy atom. The third kappa shape index (κ3) is 3.83. The van der Waals surface area contributed by atoms with Crippen molar-refractivity contribution in [3.8, 4) is 0 Å². The second kappa shape index (κ2) is 7.57. The first-order valence-electron chi connectivity index (χ1n) is 8.00. The quantitative estimate of drug-likeness (QED) is 0.902. The summed E-state index contributed by atoms with van der Waals surface area (Å²) in [5.41, 5.74) is 7.01. The molecule has 116 valence electrons. The van der Waals surface area contributed by atoms with Gasteiger partial charge in [-0.3, -0.25) is 4.79 Å². The second-order valence-corrected chi connectivity index (χ2v) is 5.67. The standard InChI is InChI=1S/C17H27N3O/c1-3-19(4-2)15-10-12-20(13-11-15)17(21)16(18)14-8-6-5-7-9-14/h5-9,15-16H,3-4,10-13,18H2,1-2H3. The van der Waals surface area contributed by atoms with Crippen LogP contribution in [0.2, 0.25) is 0 Å². The molecule has 1 atom stereocenters. The Morgan fingerprint density at radius 2 is 1.81 bits per heavy atom. The predicted octanol–water partition coefficient (Wildman–Crippen LogP) is 2.02. The molecule has 1 unspecified atom stereocenters. The molecule has 1 aromatic rings. The number of carbonyl (C=O) groups is 1. The van der Waals surface area contributed by atoms with Crippen LogP contribution in [0.3, 0.4) is 0 Å². The van der Waals surface area contributed by atoms with Crippen LogP contribution in [0.1, 0.15) is 38.3 Å². The number of carbonyl (C=O) groups excluding carboxylic acids is 1. The maximum atomic E-state index is 12.5. The van der Waals surface area contributed by atoms with Crippen LogP contribution in [0.5, 0.6) is 0 Å². The van der Waals surface area contributed by atoms with Gasteiger partial charge in [-0.15, -0.1) is 0 Å². The molecule has 4 nitrogen and oxygen atoms in total. The summed E-state index contributed by atoms with van der Waals surface area (Å²) in [5.74, 6) is 0.0548. The van der Waals surface area contributed by atoms with Gasteiger partial charge in [0.15, 0.2) is 0 Å². The number of nitrogens with zero attached hydrogens (tertiary/aromatic N) is 2. The zero-order valence-electron chi connectivity index (χ0n) is 13.2. The SMILES string of the molecule is CCN(CC)C1CCN(C(=O)C(N)c2ccccc2)CC1. The zero-order valence-corrected chi connectivity index (χ0v) is 13.2. The molecule has 0 aromatic heterocycles. The van der Waals surface area contributed by atoms with E-state index in [2.05, 4.69) is 18.7 Å². The summed E-state index contributed by atoms with van der Waals surface area (Å²) in [6.07, 6.45) is 2.10. The number of hydrogen-bond donors (Lipinski definition) is 1. The lowest BCUT2D eigenvalue weighted by Gasteiger charge is -2.38. The Kier molecular flexibility index (Phi) is 5.76. The van der Waals surface area contributed by atoms with Crippen molar-refractivity contribution in [2.24, 2.45) is 5.73 Å². The second-order valence-electron chi connectivity index (χ2n) is 5.67. The molecule has 2 rings (SSSR count). The molecule has 1 heterocycles. The topological polar surface area (TPSA) is 49.6 Å². The molecular formula is C17H27N3O. The first-order valence-corrected chi connectivity index (χ1v) is 8.00. The first kappa shape index (κ1) is 16.0. The van der Waals surface area contributed by atoms with Crippen LogP contribution in [0.15, 0.2) is 30.3 Å². The molecular weight excluding hydrogens is 262 g/mol. The van der Waals surface area contributed by atoms with Crippen molar-refractivity contribution in [1.82, 2.24) is 9.80 Å². The Labute approximate surface area is 127 Å². The molecule has 0 radical (unpaired) electrons. The molecule has 0 spiro atoms. The summed E-state index contributed by atoms with van der Waals surface area (Å²) in [4.78, 5) is 16.9. The highest BCUT2D eigenvalue weighted by atomic mass is 16.2.